The van der Waals surface area contributed by atoms with Crippen molar-refractivity contribution in [1.29, 1.82) is 0 Å². The molecule has 0 unspecified atom stereocenters. The molecule has 1 aromatic carbocycles. The molecule has 0 spiro atoms. The van der Waals surface area contributed by atoms with Gasteiger partial charge in [0.05, 0.1) is 10.9 Å². The first-order chi connectivity index (χ1) is 11.5. The van der Waals surface area contributed by atoms with Crippen molar-refractivity contribution in [3.8, 4) is 0 Å². The summed E-state index contributed by atoms with van der Waals surface area (Å²) in [6.07, 6.45) is 1.77. The van der Waals surface area contributed by atoms with Crippen LogP contribution in [0.4, 0.5) is 0 Å². The quantitative estimate of drug-likeness (QED) is 0.887. The molecule has 1 fully saturated rings. The van der Waals surface area contributed by atoms with Crippen LogP contribution in [0, 0.1) is 0 Å². The van der Waals surface area contributed by atoms with E-state index in [-0.39, 0.29) is 16.8 Å². The average molecular weight is 364 g/mol. The fourth-order valence-electron chi connectivity index (χ4n) is 2.76. The van der Waals surface area contributed by atoms with Gasteiger partial charge in [-0.05, 0) is 49.4 Å². The Morgan fingerprint density at radius 3 is 2.62 bits per heavy atom. The molecule has 1 N–H and O–H groups in total. The lowest BCUT2D eigenvalue weighted by atomic mass is 10.2. The largest absolute Gasteiger partial charge is 0.345 e. The van der Waals surface area contributed by atoms with Gasteiger partial charge in [-0.3, -0.25) is 4.79 Å². The van der Waals surface area contributed by atoms with Gasteiger partial charge in [-0.1, -0.05) is 12.1 Å². The molecule has 0 saturated carbocycles. The molecule has 2 aromatic rings. The number of nitrogens with zero attached hydrogens (tertiary/aromatic N) is 1. The standard InChI is InChI=1S/C17H20N2O3S2/c1-13(16-8-5-11-23-16)18-17(20)14-6-4-7-15(12-14)24(21,22)19-9-2-3-10-19/h4-8,11-13H,2-3,9-10H2,1H3,(H,18,20)/t13-/m1/s1. The highest BCUT2D eigenvalue weighted by Gasteiger charge is 2.27. The Balaban J connectivity index is 1.78. The summed E-state index contributed by atoms with van der Waals surface area (Å²) < 4.78 is 26.7. The van der Waals surface area contributed by atoms with Crippen molar-refractivity contribution in [3.05, 3.63) is 52.2 Å². The van der Waals surface area contributed by atoms with E-state index < -0.39 is 10.0 Å². The lowest BCUT2D eigenvalue weighted by molar-refractivity contribution is 0.0940. The summed E-state index contributed by atoms with van der Waals surface area (Å²) in [5.41, 5.74) is 0.360. The van der Waals surface area contributed by atoms with Crippen molar-refractivity contribution in [2.45, 2.75) is 30.7 Å². The number of amides is 1. The molecule has 1 aliphatic heterocycles. The number of sulfonamides is 1. The van der Waals surface area contributed by atoms with Gasteiger partial charge < -0.3 is 5.32 Å². The molecule has 0 bridgehead atoms. The van der Waals surface area contributed by atoms with Gasteiger partial charge in [0.15, 0.2) is 0 Å². The van der Waals surface area contributed by atoms with E-state index in [0.29, 0.717) is 18.7 Å². The minimum atomic E-state index is -3.51. The summed E-state index contributed by atoms with van der Waals surface area (Å²) in [5.74, 6) is -0.269. The molecule has 128 valence electrons. The first kappa shape index (κ1) is 17.1. The fraction of sp³-hybridized carbons (Fsp3) is 0.353. The molecule has 1 atom stereocenters. The predicted octanol–water partition coefficient (Wildman–Crippen LogP) is 3.02. The third-order valence-electron chi connectivity index (χ3n) is 4.12. The summed E-state index contributed by atoms with van der Waals surface area (Å²) in [6, 6.07) is 10.1. The van der Waals surface area contributed by atoms with Gasteiger partial charge in [0.1, 0.15) is 0 Å². The second kappa shape index (κ2) is 7.04. The van der Waals surface area contributed by atoms with Gasteiger partial charge in [0.25, 0.3) is 5.91 Å². The minimum Gasteiger partial charge on any atom is -0.345 e. The number of hydrogen-bond donors (Lipinski definition) is 1. The number of nitrogens with one attached hydrogen (secondary N) is 1. The molecule has 24 heavy (non-hydrogen) atoms. The van der Waals surface area contributed by atoms with Crippen molar-refractivity contribution in [1.82, 2.24) is 9.62 Å². The van der Waals surface area contributed by atoms with E-state index in [2.05, 4.69) is 5.32 Å². The van der Waals surface area contributed by atoms with Gasteiger partial charge >= 0.3 is 0 Å². The Labute approximate surface area is 146 Å². The summed E-state index contributed by atoms with van der Waals surface area (Å²) in [6.45, 7) is 3.01. The maximum atomic E-state index is 12.6. The van der Waals surface area contributed by atoms with Crippen LogP contribution in [0.15, 0.2) is 46.7 Å². The summed E-state index contributed by atoms with van der Waals surface area (Å²) in [7, 11) is -3.51. The Morgan fingerprint density at radius 2 is 1.96 bits per heavy atom. The van der Waals surface area contributed by atoms with Crippen LogP contribution in [0.25, 0.3) is 0 Å². The number of thiophene rings is 1. The van der Waals surface area contributed by atoms with Crippen LogP contribution in [0.3, 0.4) is 0 Å². The molecular formula is C17H20N2O3S2. The van der Waals surface area contributed by atoms with Crippen molar-refractivity contribution in [2.24, 2.45) is 0 Å². The highest BCUT2D eigenvalue weighted by atomic mass is 32.2. The summed E-state index contributed by atoms with van der Waals surface area (Å²) in [4.78, 5) is 13.7. The van der Waals surface area contributed by atoms with Crippen LogP contribution in [0.1, 0.15) is 41.0 Å². The Bertz CT molecular complexity index is 810. The number of carbonyl (C=O) groups is 1. The first-order valence-electron chi connectivity index (χ1n) is 7.93. The highest BCUT2D eigenvalue weighted by Crippen LogP contribution is 2.22. The van der Waals surface area contributed by atoms with Crippen LogP contribution < -0.4 is 5.32 Å². The monoisotopic (exact) mass is 364 g/mol. The molecule has 7 heteroatoms. The van der Waals surface area contributed by atoms with Gasteiger partial charge in [0.2, 0.25) is 10.0 Å². The van der Waals surface area contributed by atoms with Gasteiger partial charge in [-0.15, -0.1) is 11.3 Å². The Kier molecular flexibility index (Phi) is 5.03. The summed E-state index contributed by atoms with van der Waals surface area (Å²) >= 11 is 1.58. The van der Waals surface area contributed by atoms with Crippen molar-refractivity contribution < 1.29 is 13.2 Å². The van der Waals surface area contributed by atoms with Crippen LogP contribution in [0.5, 0.6) is 0 Å². The minimum absolute atomic E-state index is 0.114. The van der Waals surface area contributed by atoms with E-state index in [1.165, 1.54) is 10.4 Å². The Morgan fingerprint density at radius 1 is 1.21 bits per heavy atom. The molecular weight excluding hydrogens is 344 g/mol. The maximum absolute atomic E-state index is 12.6. The first-order valence-corrected chi connectivity index (χ1v) is 10.2. The average Bonchev–Trinajstić information content (AvgIpc) is 3.28. The number of carbonyl (C=O) groups excluding carboxylic acids is 1. The number of benzene rings is 1. The maximum Gasteiger partial charge on any atom is 0.251 e. The van der Waals surface area contributed by atoms with E-state index >= 15 is 0 Å². The predicted molar refractivity (Wildman–Crippen MR) is 94.6 cm³/mol. The zero-order valence-electron chi connectivity index (χ0n) is 13.4. The molecule has 1 amide bonds. The van der Waals surface area contributed by atoms with Gasteiger partial charge in [0, 0.05) is 23.5 Å². The van der Waals surface area contributed by atoms with Crippen LogP contribution in [-0.4, -0.2) is 31.7 Å². The lowest BCUT2D eigenvalue weighted by Gasteiger charge is -2.16. The second-order valence-corrected chi connectivity index (χ2v) is 8.77. The van der Waals surface area contributed by atoms with Gasteiger partial charge in [-0.2, -0.15) is 4.31 Å². The van der Waals surface area contributed by atoms with Crippen molar-refractivity contribution in [2.75, 3.05) is 13.1 Å². The third kappa shape index (κ3) is 3.53. The van der Waals surface area contributed by atoms with E-state index in [9.17, 15) is 13.2 Å². The van der Waals surface area contributed by atoms with Crippen LogP contribution in [-0.2, 0) is 10.0 Å². The SMILES string of the molecule is C[C@@H](NC(=O)c1cccc(S(=O)(=O)N2CCCC2)c1)c1cccs1. The zero-order valence-corrected chi connectivity index (χ0v) is 15.1. The van der Waals surface area contributed by atoms with Crippen LogP contribution in [0.2, 0.25) is 0 Å². The molecule has 1 aromatic heterocycles. The second-order valence-electron chi connectivity index (χ2n) is 5.85. The Hall–Kier alpha value is -1.70. The lowest BCUT2D eigenvalue weighted by Crippen LogP contribution is -2.29. The van der Waals surface area contributed by atoms with Gasteiger partial charge in [-0.25, -0.2) is 8.42 Å². The smallest absolute Gasteiger partial charge is 0.251 e. The third-order valence-corrected chi connectivity index (χ3v) is 7.07. The van der Waals surface area contributed by atoms with Crippen molar-refractivity contribution in [3.63, 3.8) is 0 Å². The fourth-order valence-corrected chi connectivity index (χ4v) is 5.06. The van der Waals surface area contributed by atoms with E-state index in [1.807, 2.05) is 24.4 Å². The highest BCUT2D eigenvalue weighted by molar-refractivity contribution is 7.89. The molecule has 3 rings (SSSR count). The molecule has 0 aliphatic carbocycles. The van der Waals surface area contributed by atoms with E-state index in [1.54, 1.807) is 29.5 Å². The topological polar surface area (TPSA) is 66.5 Å². The summed E-state index contributed by atoms with van der Waals surface area (Å²) in [5, 5.41) is 4.87. The van der Waals surface area contributed by atoms with Crippen molar-refractivity contribution >= 4 is 27.3 Å². The molecule has 5 nitrogen and oxygen atoms in total. The van der Waals surface area contributed by atoms with E-state index in [4.69, 9.17) is 0 Å². The molecule has 2 heterocycles. The zero-order chi connectivity index (χ0) is 17.2. The van der Waals surface area contributed by atoms with E-state index in [0.717, 1.165) is 17.7 Å². The number of hydrogen-bond acceptors (Lipinski definition) is 4. The number of rotatable bonds is 5. The molecule has 1 saturated heterocycles. The normalized spacial score (nSPS) is 16.9. The molecule has 1 aliphatic rings. The van der Waals surface area contributed by atoms with Crippen LogP contribution >= 0.6 is 11.3 Å². The molecule has 0 radical (unpaired) electrons.